The van der Waals surface area contributed by atoms with E-state index in [4.69, 9.17) is 9.47 Å². The molecule has 0 unspecified atom stereocenters. The summed E-state index contributed by atoms with van der Waals surface area (Å²) in [5.74, 6) is -0.543. The summed E-state index contributed by atoms with van der Waals surface area (Å²) in [4.78, 5) is 36.0. The van der Waals surface area contributed by atoms with Crippen molar-refractivity contribution in [1.82, 2.24) is 0 Å². The van der Waals surface area contributed by atoms with Crippen LogP contribution in [0.4, 0.5) is 5.69 Å². The van der Waals surface area contributed by atoms with E-state index in [2.05, 4.69) is 14.8 Å². The molecule has 0 aliphatic heterocycles. The second kappa shape index (κ2) is 9.93. The van der Waals surface area contributed by atoms with Crippen molar-refractivity contribution in [3.05, 3.63) is 65.4 Å². The van der Waals surface area contributed by atoms with Gasteiger partial charge in [-0.05, 0) is 36.4 Å². The van der Waals surface area contributed by atoms with E-state index in [1.54, 1.807) is 18.2 Å². The quantitative estimate of drug-likeness (QED) is 0.411. The summed E-state index contributed by atoms with van der Waals surface area (Å²) in [7, 11) is 5.47. The molecule has 0 saturated heterocycles. The minimum absolute atomic E-state index is 0.164. The van der Waals surface area contributed by atoms with Gasteiger partial charge in [-0.25, -0.2) is 9.59 Å². The second-order valence-electron chi connectivity index (χ2n) is 5.69. The van der Waals surface area contributed by atoms with Crippen molar-refractivity contribution in [2.45, 2.75) is 0 Å². The molecule has 0 aromatic heterocycles. The molecule has 2 aromatic rings. The van der Waals surface area contributed by atoms with Crippen LogP contribution in [0.15, 0.2) is 48.7 Å². The number of anilines is 1. The van der Waals surface area contributed by atoms with Gasteiger partial charge in [0.15, 0.2) is 17.3 Å². The van der Waals surface area contributed by atoms with Gasteiger partial charge in [0.25, 0.3) is 0 Å². The van der Waals surface area contributed by atoms with Gasteiger partial charge in [0.1, 0.15) is 0 Å². The topological polar surface area (TPSA) is 100 Å². The third kappa shape index (κ3) is 5.35. The van der Waals surface area contributed by atoms with E-state index >= 15 is 0 Å². The molecule has 0 amide bonds. The number of ether oxygens (including phenoxy) is 4. The number of benzene rings is 2. The molecule has 0 spiro atoms. The maximum absolute atomic E-state index is 12.4. The predicted molar refractivity (Wildman–Crippen MR) is 106 cm³/mol. The monoisotopic (exact) mass is 399 g/mol. The average Bonchev–Trinajstić information content (AvgIpc) is 2.76. The molecule has 152 valence electrons. The van der Waals surface area contributed by atoms with Crippen LogP contribution in [0, 0.1) is 0 Å². The van der Waals surface area contributed by atoms with Gasteiger partial charge in [0.2, 0.25) is 0 Å². The van der Waals surface area contributed by atoms with Crippen LogP contribution in [-0.4, -0.2) is 46.2 Å². The fourth-order valence-electron chi connectivity index (χ4n) is 2.48. The highest BCUT2D eigenvalue weighted by molar-refractivity contribution is 6.05. The van der Waals surface area contributed by atoms with Crippen LogP contribution in [-0.2, 0) is 9.47 Å². The van der Waals surface area contributed by atoms with Crippen molar-refractivity contribution in [2.24, 2.45) is 0 Å². The number of rotatable bonds is 8. The predicted octanol–water partition coefficient (Wildman–Crippen LogP) is 3.09. The average molecular weight is 399 g/mol. The first kappa shape index (κ1) is 21.5. The summed E-state index contributed by atoms with van der Waals surface area (Å²) in [6.07, 6.45) is 2.71. The van der Waals surface area contributed by atoms with Gasteiger partial charge in [-0.2, -0.15) is 0 Å². The van der Waals surface area contributed by atoms with Crippen LogP contribution in [0.2, 0.25) is 0 Å². The third-order valence-electron chi connectivity index (χ3n) is 3.93. The zero-order valence-electron chi connectivity index (χ0n) is 16.5. The Kier molecular flexibility index (Phi) is 7.36. The standard InChI is InChI=1S/C21H21NO7/c1-26-18-6-5-13(12-19(18)27-2)17(23)7-8-22-16-10-14(20(24)28-3)9-15(11-16)21(25)29-4/h5-12,22H,1-4H3/b8-7+. The Morgan fingerprint density at radius 3 is 1.86 bits per heavy atom. The zero-order valence-corrected chi connectivity index (χ0v) is 16.5. The minimum atomic E-state index is -0.607. The first-order valence-electron chi connectivity index (χ1n) is 8.44. The second-order valence-corrected chi connectivity index (χ2v) is 5.69. The Morgan fingerprint density at radius 2 is 1.34 bits per heavy atom. The number of nitrogens with one attached hydrogen (secondary N) is 1. The Hall–Kier alpha value is -3.81. The lowest BCUT2D eigenvalue weighted by Crippen LogP contribution is -2.07. The van der Waals surface area contributed by atoms with E-state index in [1.807, 2.05) is 0 Å². The number of ketones is 1. The molecule has 0 fully saturated rings. The molecule has 0 heterocycles. The molecule has 2 aromatic carbocycles. The van der Waals surface area contributed by atoms with Gasteiger partial charge in [-0.1, -0.05) is 0 Å². The van der Waals surface area contributed by atoms with Crippen molar-refractivity contribution in [3.63, 3.8) is 0 Å². The molecule has 0 radical (unpaired) electrons. The fourth-order valence-corrected chi connectivity index (χ4v) is 2.48. The maximum Gasteiger partial charge on any atom is 0.337 e. The van der Waals surface area contributed by atoms with Crippen molar-refractivity contribution in [2.75, 3.05) is 33.8 Å². The number of methoxy groups -OCH3 is 4. The van der Waals surface area contributed by atoms with E-state index in [0.717, 1.165) is 0 Å². The van der Waals surface area contributed by atoms with Crippen molar-refractivity contribution in [3.8, 4) is 11.5 Å². The summed E-state index contributed by atoms with van der Waals surface area (Å²) in [5, 5.41) is 2.86. The normalized spacial score (nSPS) is 10.3. The third-order valence-corrected chi connectivity index (χ3v) is 3.93. The number of hydrogen-bond donors (Lipinski definition) is 1. The molecule has 8 heteroatoms. The van der Waals surface area contributed by atoms with Gasteiger partial charge >= 0.3 is 11.9 Å². The lowest BCUT2D eigenvalue weighted by atomic mass is 10.1. The number of carbonyl (C=O) groups excluding carboxylic acids is 3. The van der Waals surface area contributed by atoms with Gasteiger partial charge in [-0.3, -0.25) is 4.79 Å². The smallest absolute Gasteiger partial charge is 0.337 e. The molecular weight excluding hydrogens is 378 g/mol. The Morgan fingerprint density at radius 1 is 0.759 bits per heavy atom. The van der Waals surface area contributed by atoms with E-state index in [1.165, 1.54) is 58.9 Å². The Labute approximate surface area is 168 Å². The van der Waals surface area contributed by atoms with Gasteiger partial charge in [0, 0.05) is 23.5 Å². The van der Waals surface area contributed by atoms with Crippen LogP contribution in [0.25, 0.3) is 0 Å². The van der Waals surface area contributed by atoms with Crippen LogP contribution in [0.3, 0.4) is 0 Å². The molecule has 8 nitrogen and oxygen atoms in total. The minimum Gasteiger partial charge on any atom is -0.493 e. The summed E-state index contributed by atoms with van der Waals surface area (Å²) >= 11 is 0. The highest BCUT2D eigenvalue weighted by Gasteiger charge is 2.13. The van der Waals surface area contributed by atoms with E-state index < -0.39 is 11.9 Å². The first-order valence-corrected chi connectivity index (χ1v) is 8.44. The highest BCUT2D eigenvalue weighted by Crippen LogP contribution is 2.27. The molecule has 0 aliphatic carbocycles. The van der Waals surface area contributed by atoms with Crippen molar-refractivity contribution < 1.29 is 33.3 Å². The summed E-state index contributed by atoms with van der Waals surface area (Å²) in [6.45, 7) is 0. The molecule has 0 saturated carbocycles. The molecule has 29 heavy (non-hydrogen) atoms. The SMILES string of the molecule is COC(=O)c1cc(N/C=C/C(=O)c2ccc(OC)c(OC)c2)cc(C(=O)OC)c1. The lowest BCUT2D eigenvalue weighted by Gasteiger charge is -2.08. The summed E-state index contributed by atoms with van der Waals surface area (Å²) in [6, 6.07) is 9.16. The molecule has 1 N–H and O–H groups in total. The maximum atomic E-state index is 12.4. The van der Waals surface area contributed by atoms with Gasteiger partial charge in [-0.15, -0.1) is 0 Å². The number of allylic oxidation sites excluding steroid dienone is 1. The van der Waals surface area contributed by atoms with Crippen molar-refractivity contribution in [1.29, 1.82) is 0 Å². The van der Waals surface area contributed by atoms with Crippen LogP contribution in [0.5, 0.6) is 11.5 Å². The van der Waals surface area contributed by atoms with Crippen molar-refractivity contribution >= 4 is 23.4 Å². The highest BCUT2D eigenvalue weighted by atomic mass is 16.5. The van der Waals surface area contributed by atoms with E-state index in [0.29, 0.717) is 22.7 Å². The van der Waals surface area contributed by atoms with Crippen LogP contribution >= 0.6 is 0 Å². The molecule has 0 bridgehead atoms. The molecular formula is C21H21NO7. The summed E-state index contributed by atoms with van der Waals surface area (Å²) in [5.41, 5.74) is 1.14. The molecule has 0 atom stereocenters. The zero-order chi connectivity index (χ0) is 21.4. The fraction of sp³-hybridized carbons (Fsp3) is 0.190. The van der Waals surface area contributed by atoms with Crippen LogP contribution in [0.1, 0.15) is 31.1 Å². The number of esters is 2. The Bertz CT molecular complexity index is 916. The number of hydrogen-bond acceptors (Lipinski definition) is 8. The first-order chi connectivity index (χ1) is 13.9. The van der Waals surface area contributed by atoms with E-state index in [9.17, 15) is 14.4 Å². The largest absolute Gasteiger partial charge is 0.493 e. The van der Waals surface area contributed by atoms with Crippen LogP contribution < -0.4 is 14.8 Å². The summed E-state index contributed by atoms with van der Waals surface area (Å²) < 4.78 is 19.7. The molecule has 0 aliphatic rings. The lowest BCUT2D eigenvalue weighted by molar-refractivity contribution is 0.0599. The van der Waals surface area contributed by atoms with Gasteiger partial charge < -0.3 is 24.3 Å². The Balaban J connectivity index is 2.21. The molecule has 2 rings (SSSR count). The van der Waals surface area contributed by atoms with E-state index in [-0.39, 0.29) is 16.9 Å². The van der Waals surface area contributed by atoms with Gasteiger partial charge in [0.05, 0.1) is 39.6 Å². The number of carbonyl (C=O) groups is 3.